The summed E-state index contributed by atoms with van der Waals surface area (Å²) in [5.74, 6) is 0.978. The maximum atomic E-state index is 11.5. The van der Waals surface area contributed by atoms with E-state index in [1.807, 2.05) is 24.3 Å². The standard InChI is InChI=1S/C13H16ClNO3S2/c14-11-3-1-10(2-4-11)7-20-8-12(16)15-5-6-19-9-13(17)18/h1-4H,5-9H2,(H,15,16)(H,17,18). The van der Waals surface area contributed by atoms with Crippen molar-refractivity contribution in [3.05, 3.63) is 34.9 Å². The minimum atomic E-state index is -0.833. The number of halogens is 1. The number of amides is 1. The lowest BCUT2D eigenvalue weighted by molar-refractivity contribution is -0.133. The zero-order valence-corrected chi connectivity index (χ0v) is 13.2. The molecule has 0 aliphatic carbocycles. The van der Waals surface area contributed by atoms with Gasteiger partial charge in [-0.1, -0.05) is 23.7 Å². The van der Waals surface area contributed by atoms with E-state index >= 15 is 0 Å². The van der Waals surface area contributed by atoms with E-state index in [1.165, 1.54) is 23.5 Å². The molecular weight excluding hydrogens is 318 g/mol. The van der Waals surface area contributed by atoms with Crippen molar-refractivity contribution in [2.24, 2.45) is 0 Å². The zero-order valence-electron chi connectivity index (χ0n) is 10.8. The smallest absolute Gasteiger partial charge is 0.313 e. The number of carbonyl (C=O) groups is 2. The number of hydrogen-bond donors (Lipinski definition) is 2. The van der Waals surface area contributed by atoms with Crippen LogP contribution in [0.1, 0.15) is 5.56 Å². The molecule has 0 bridgehead atoms. The molecule has 1 rings (SSSR count). The number of hydrogen-bond acceptors (Lipinski definition) is 4. The Kier molecular flexibility index (Phi) is 8.57. The SMILES string of the molecule is O=C(O)CSCCNC(=O)CSCc1ccc(Cl)cc1. The van der Waals surface area contributed by atoms with E-state index in [9.17, 15) is 9.59 Å². The molecule has 0 saturated heterocycles. The van der Waals surface area contributed by atoms with Crippen molar-refractivity contribution >= 4 is 47.0 Å². The molecule has 1 aromatic rings. The van der Waals surface area contributed by atoms with Gasteiger partial charge in [-0.15, -0.1) is 23.5 Å². The number of carbonyl (C=O) groups excluding carboxylic acids is 1. The van der Waals surface area contributed by atoms with Gasteiger partial charge in [-0.25, -0.2) is 0 Å². The first-order chi connectivity index (χ1) is 9.58. The van der Waals surface area contributed by atoms with Crippen LogP contribution in [0.15, 0.2) is 24.3 Å². The van der Waals surface area contributed by atoms with Crippen LogP contribution >= 0.6 is 35.1 Å². The lowest BCUT2D eigenvalue weighted by Crippen LogP contribution is -2.27. The Bertz CT molecular complexity index is 440. The van der Waals surface area contributed by atoms with Crippen LogP contribution in [-0.2, 0) is 15.3 Å². The number of nitrogens with one attached hydrogen (secondary N) is 1. The van der Waals surface area contributed by atoms with Gasteiger partial charge < -0.3 is 10.4 Å². The fourth-order valence-electron chi connectivity index (χ4n) is 1.32. The first-order valence-corrected chi connectivity index (χ1v) is 8.65. The Morgan fingerprint density at radius 1 is 1.15 bits per heavy atom. The Balaban J connectivity index is 2.05. The number of benzene rings is 1. The number of carboxylic acids is 1. The fourth-order valence-corrected chi connectivity index (χ4v) is 2.82. The molecule has 0 spiro atoms. The van der Waals surface area contributed by atoms with Crippen molar-refractivity contribution in [3.8, 4) is 0 Å². The third kappa shape index (κ3) is 8.35. The van der Waals surface area contributed by atoms with Gasteiger partial charge in [0.05, 0.1) is 11.5 Å². The molecule has 0 aliphatic rings. The molecule has 0 fully saturated rings. The molecule has 20 heavy (non-hydrogen) atoms. The maximum absolute atomic E-state index is 11.5. The number of thioether (sulfide) groups is 2. The van der Waals surface area contributed by atoms with E-state index in [0.717, 1.165) is 11.3 Å². The third-order valence-electron chi connectivity index (χ3n) is 2.21. The normalized spacial score (nSPS) is 10.2. The van der Waals surface area contributed by atoms with Gasteiger partial charge in [-0.3, -0.25) is 9.59 Å². The second-order valence-corrected chi connectivity index (χ2v) is 6.44. The second kappa shape index (κ2) is 9.96. The Hall–Kier alpha value is -0.850. The summed E-state index contributed by atoms with van der Waals surface area (Å²) in [4.78, 5) is 21.8. The minimum Gasteiger partial charge on any atom is -0.481 e. The van der Waals surface area contributed by atoms with Crippen LogP contribution in [0.5, 0.6) is 0 Å². The Labute approximate surface area is 131 Å². The average Bonchev–Trinajstić information content (AvgIpc) is 2.40. The maximum Gasteiger partial charge on any atom is 0.313 e. The molecule has 1 amide bonds. The summed E-state index contributed by atoms with van der Waals surface area (Å²) in [5.41, 5.74) is 1.13. The van der Waals surface area contributed by atoms with Gasteiger partial charge in [0, 0.05) is 23.1 Å². The van der Waals surface area contributed by atoms with Gasteiger partial charge in [-0.05, 0) is 17.7 Å². The van der Waals surface area contributed by atoms with Crippen molar-refractivity contribution < 1.29 is 14.7 Å². The topological polar surface area (TPSA) is 66.4 Å². The molecular formula is C13H16ClNO3S2. The molecule has 110 valence electrons. The highest BCUT2D eigenvalue weighted by Crippen LogP contribution is 2.15. The number of rotatable bonds is 9. The Morgan fingerprint density at radius 3 is 2.50 bits per heavy atom. The van der Waals surface area contributed by atoms with E-state index < -0.39 is 5.97 Å². The van der Waals surface area contributed by atoms with Gasteiger partial charge in [0.15, 0.2) is 0 Å². The minimum absolute atomic E-state index is 0.0279. The van der Waals surface area contributed by atoms with Crippen molar-refractivity contribution in [2.75, 3.05) is 23.8 Å². The fraction of sp³-hybridized carbons (Fsp3) is 0.385. The number of carboxylic acid groups (broad SMARTS) is 1. The van der Waals surface area contributed by atoms with Crippen molar-refractivity contribution in [3.63, 3.8) is 0 Å². The van der Waals surface area contributed by atoms with Crippen LogP contribution in [0.2, 0.25) is 5.02 Å². The number of aliphatic carboxylic acids is 1. The molecule has 0 radical (unpaired) electrons. The third-order valence-corrected chi connectivity index (χ3v) is 4.41. The summed E-state index contributed by atoms with van der Waals surface area (Å²) >= 11 is 8.61. The lowest BCUT2D eigenvalue weighted by atomic mass is 10.2. The van der Waals surface area contributed by atoms with Gasteiger partial charge in [-0.2, -0.15) is 0 Å². The first kappa shape index (κ1) is 17.2. The van der Waals surface area contributed by atoms with E-state index in [4.69, 9.17) is 16.7 Å². The highest BCUT2D eigenvalue weighted by Gasteiger charge is 2.02. The van der Waals surface area contributed by atoms with Gasteiger partial charge in [0.1, 0.15) is 0 Å². The summed E-state index contributed by atoms with van der Waals surface area (Å²) in [6.45, 7) is 0.498. The summed E-state index contributed by atoms with van der Waals surface area (Å²) < 4.78 is 0. The molecule has 7 heteroatoms. The largest absolute Gasteiger partial charge is 0.481 e. The predicted octanol–water partition coefficient (Wildman–Crippen LogP) is 2.51. The quantitative estimate of drug-likeness (QED) is 0.680. The molecule has 1 aromatic carbocycles. The predicted molar refractivity (Wildman–Crippen MR) is 85.6 cm³/mol. The molecule has 2 N–H and O–H groups in total. The molecule has 0 unspecified atom stereocenters. The van der Waals surface area contributed by atoms with Crippen LogP contribution < -0.4 is 5.32 Å². The van der Waals surface area contributed by atoms with E-state index in [1.54, 1.807) is 0 Å². The molecule has 0 heterocycles. The van der Waals surface area contributed by atoms with Crippen molar-refractivity contribution in [2.45, 2.75) is 5.75 Å². The van der Waals surface area contributed by atoms with E-state index in [0.29, 0.717) is 23.1 Å². The van der Waals surface area contributed by atoms with Crippen LogP contribution in [0, 0.1) is 0 Å². The summed E-state index contributed by atoms with van der Waals surface area (Å²) in [5, 5.41) is 11.9. The van der Waals surface area contributed by atoms with Gasteiger partial charge in [0.25, 0.3) is 0 Å². The zero-order chi connectivity index (χ0) is 14.8. The van der Waals surface area contributed by atoms with Crippen LogP contribution in [0.4, 0.5) is 0 Å². The summed E-state index contributed by atoms with van der Waals surface area (Å²) in [6, 6.07) is 7.54. The molecule has 0 aromatic heterocycles. The highest BCUT2D eigenvalue weighted by atomic mass is 35.5. The monoisotopic (exact) mass is 333 g/mol. The van der Waals surface area contributed by atoms with E-state index in [2.05, 4.69) is 5.32 Å². The van der Waals surface area contributed by atoms with Crippen molar-refractivity contribution in [1.82, 2.24) is 5.32 Å². The van der Waals surface area contributed by atoms with Crippen LogP contribution in [0.25, 0.3) is 0 Å². The summed E-state index contributed by atoms with van der Waals surface area (Å²) in [6.07, 6.45) is 0. The lowest BCUT2D eigenvalue weighted by Gasteiger charge is -2.05. The van der Waals surface area contributed by atoms with E-state index in [-0.39, 0.29) is 11.7 Å². The Morgan fingerprint density at radius 2 is 1.85 bits per heavy atom. The summed E-state index contributed by atoms with van der Waals surface area (Å²) in [7, 11) is 0. The van der Waals surface area contributed by atoms with Crippen molar-refractivity contribution in [1.29, 1.82) is 0 Å². The van der Waals surface area contributed by atoms with Crippen LogP contribution in [0.3, 0.4) is 0 Å². The first-order valence-electron chi connectivity index (χ1n) is 5.96. The molecule has 0 aliphatic heterocycles. The van der Waals surface area contributed by atoms with Gasteiger partial charge >= 0.3 is 5.97 Å². The van der Waals surface area contributed by atoms with Gasteiger partial charge in [0.2, 0.25) is 5.91 Å². The highest BCUT2D eigenvalue weighted by molar-refractivity contribution is 8.00. The molecule has 0 saturated carbocycles. The molecule has 0 atom stereocenters. The van der Waals surface area contributed by atoms with Crippen LogP contribution in [-0.4, -0.2) is 40.8 Å². The second-order valence-electron chi connectivity index (χ2n) is 3.92. The molecule has 4 nitrogen and oxygen atoms in total. The average molecular weight is 334 g/mol.